The third kappa shape index (κ3) is 70.3. The van der Waals surface area contributed by atoms with Gasteiger partial charge in [-0.15, -0.1) is 0 Å². The highest BCUT2D eigenvalue weighted by molar-refractivity contribution is 7.47. The van der Waals surface area contributed by atoms with Crippen LogP contribution in [0.1, 0.15) is 395 Å². The zero-order valence-corrected chi connectivity index (χ0v) is 63.8. The molecule has 0 saturated heterocycles. The van der Waals surface area contributed by atoms with Gasteiger partial charge in [-0.25, -0.2) is 9.13 Å². The molecular formula is C76H148O17P2. The van der Waals surface area contributed by atoms with E-state index in [1.165, 1.54) is 212 Å². The number of aliphatic hydroxyl groups is 1. The minimum atomic E-state index is -4.96. The molecule has 19 heteroatoms. The molecule has 0 aliphatic rings. The van der Waals surface area contributed by atoms with E-state index in [1.54, 1.807) is 0 Å². The first-order valence-corrected chi connectivity index (χ1v) is 42.5. The Kier molecular flexibility index (Phi) is 66.5. The van der Waals surface area contributed by atoms with Crippen LogP contribution in [0.25, 0.3) is 0 Å². The standard InChI is InChI=1S/C76H148O17P2/c1-7-9-11-13-15-32-40-46-52-58-73(78)86-64-71(92-75(80)60-54-48-42-33-16-14-12-10-8-2)66-90-94(82,83)88-62-70(77)63-89-95(84,85)91-67-72(65-87-74(79)59-53-47-41-36-30-27-23-25-29-35-39-45-51-57-69(5)6)93-76(81)61-55-49-43-37-31-26-22-20-18-17-19-21-24-28-34-38-44-50-56-68(3)4/h68-72,77H,7-67H2,1-6H3,(H,82,83)(H,84,85)/t70-,71+,72+/m0/s1. The molecule has 0 radical (unpaired) electrons. The Hall–Kier alpha value is -1.94. The minimum absolute atomic E-state index is 0.106. The molecule has 0 amide bonds. The van der Waals surface area contributed by atoms with Gasteiger partial charge >= 0.3 is 39.5 Å². The number of phosphoric acid groups is 2. The van der Waals surface area contributed by atoms with E-state index >= 15 is 0 Å². The van der Waals surface area contributed by atoms with Gasteiger partial charge in [0.1, 0.15) is 19.3 Å². The number of esters is 4. The Bertz CT molecular complexity index is 1840. The van der Waals surface area contributed by atoms with Gasteiger partial charge in [0.05, 0.1) is 26.4 Å². The molecule has 95 heavy (non-hydrogen) atoms. The van der Waals surface area contributed by atoms with Gasteiger partial charge in [0.25, 0.3) is 0 Å². The quantitative estimate of drug-likeness (QED) is 0.0222. The predicted octanol–water partition coefficient (Wildman–Crippen LogP) is 22.3. The lowest BCUT2D eigenvalue weighted by atomic mass is 10.0. The molecule has 2 unspecified atom stereocenters. The van der Waals surface area contributed by atoms with Crippen molar-refractivity contribution in [2.75, 3.05) is 39.6 Å². The second kappa shape index (κ2) is 67.9. The summed E-state index contributed by atoms with van der Waals surface area (Å²) in [6.07, 6.45) is 55.6. The second-order valence-corrected chi connectivity index (χ2v) is 31.3. The van der Waals surface area contributed by atoms with Crippen LogP contribution >= 0.6 is 15.6 Å². The van der Waals surface area contributed by atoms with Crippen molar-refractivity contribution in [2.24, 2.45) is 11.8 Å². The first-order chi connectivity index (χ1) is 45.9. The lowest BCUT2D eigenvalue weighted by Crippen LogP contribution is -2.30. The highest BCUT2D eigenvalue weighted by Crippen LogP contribution is 2.45. The number of phosphoric ester groups is 2. The summed E-state index contributed by atoms with van der Waals surface area (Å²) in [5.41, 5.74) is 0. The number of carbonyl (C=O) groups excluding carboxylic acids is 4. The maximum Gasteiger partial charge on any atom is 0.472 e. The van der Waals surface area contributed by atoms with Gasteiger partial charge in [-0.05, 0) is 37.5 Å². The largest absolute Gasteiger partial charge is 0.472 e. The van der Waals surface area contributed by atoms with Crippen LogP contribution in [0.4, 0.5) is 0 Å². The Balaban J connectivity index is 5.17. The summed E-state index contributed by atoms with van der Waals surface area (Å²) >= 11 is 0. The van der Waals surface area contributed by atoms with Crippen molar-refractivity contribution < 1.29 is 80.2 Å². The number of hydrogen-bond acceptors (Lipinski definition) is 15. The zero-order chi connectivity index (χ0) is 70.0. The third-order valence-electron chi connectivity index (χ3n) is 17.7. The van der Waals surface area contributed by atoms with Crippen molar-refractivity contribution in [3.8, 4) is 0 Å². The molecule has 0 saturated carbocycles. The molecule has 0 aliphatic heterocycles. The Morgan fingerprint density at radius 2 is 0.484 bits per heavy atom. The van der Waals surface area contributed by atoms with E-state index < -0.39 is 97.5 Å². The first kappa shape index (κ1) is 93.1. The van der Waals surface area contributed by atoms with E-state index in [0.29, 0.717) is 25.7 Å². The van der Waals surface area contributed by atoms with Crippen LogP contribution in [0.5, 0.6) is 0 Å². The van der Waals surface area contributed by atoms with E-state index in [2.05, 4.69) is 41.5 Å². The van der Waals surface area contributed by atoms with Gasteiger partial charge in [-0.1, -0.05) is 343 Å². The van der Waals surface area contributed by atoms with E-state index in [4.69, 9.17) is 37.0 Å². The van der Waals surface area contributed by atoms with Crippen molar-refractivity contribution in [2.45, 2.75) is 413 Å². The molecule has 0 spiro atoms. The van der Waals surface area contributed by atoms with Crippen LogP contribution < -0.4 is 0 Å². The molecular weight excluding hydrogens is 1250 g/mol. The number of carbonyl (C=O) groups is 4. The highest BCUT2D eigenvalue weighted by Gasteiger charge is 2.30. The van der Waals surface area contributed by atoms with Crippen LogP contribution in [0, 0.1) is 11.8 Å². The van der Waals surface area contributed by atoms with E-state index in [9.17, 15) is 43.2 Å². The van der Waals surface area contributed by atoms with Gasteiger partial charge < -0.3 is 33.8 Å². The lowest BCUT2D eigenvalue weighted by molar-refractivity contribution is -0.161. The predicted molar refractivity (Wildman–Crippen MR) is 386 cm³/mol. The summed E-state index contributed by atoms with van der Waals surface area (Å²) in [5, 5.41) is 10.6. The SMILES string of the molecule is CCCCCCCCCCCC(=O)OC[C@H](COP(=O)(O)OC[C@H](O)COP(=O)(O)OC[C@@H](COC(=O)CCCCCCCCCCCCCCCC(C)C)OC(=O)CCCCCCCCCCCCCCCCCCCCC(C)C)OC(=O)CCCCCCCCCCC. The zero-order valence-electron chi connectivity index (χ0n) is 62.0. The number of unbranched alkanes of at least 4 members (excludes halogenated alkanes) is 45. The fourth-order valence-electron chi connectivity index (χ4n) is 11.7. The molecule has 0 heterocycles. The van der Waals surface area contributed by atoms with Crippen LogP contribution in [-0.2, 0) is 65.4 Å². The summed E-state index contributed by atoms with van der Waals surface area (Å²) in [7, 11) is -9.90. The monoisotopic (exact) mass is 1400 g/mol. The maximum absolute atomic E-state index is 13.1. The second-order valence-electron chi connectivity index (χ2n) is 28.3. The van der Waals surface area contributed by atoms with Gasteiger partial charge in [-0.3, -0.25) is 37.3 Å². The minimum Gasteiger partial charge on any atom is -0.462 e. The van der Waals surface area contributed by atoms with Crippen molar-refractivity contribution in [3.63, 3.8) is 0 Å². The van der Waals surface area contributed by atoms with E-state index in [0.717, 1.165) is 102 Å². The highest BCUT2D eigenvalue weighted by atomic mass is 31.2. The Labute approximate surface area is 581 Å². The fraction of sp³-hybridized carbons (Fsp3) is 0.947. The molecule has 0 aromatic rings. The molecule has 564 valence electrons. The van der Waals surface area contributed by atoms with Gasteiger partial charge in [0.2, 0.25) is 0 Å². The number of aliphatic hydroxyl groups excluding tert-OH is 1. The summed E-state index contributed by atoms with van der Waals surface area (Å²) in [4.78, 5) is 72.6. The molecule has 0 aromatic carbocycles. The normalized spacial score (nSPS) is 14.0. The van der Waals surface area contributed by atoms with E-state index in [-0.39, 0.29) is 25.7 Å². The first-order valence-electron chi connectivity index (χ1n) is 39.5. The number of hydrogen-bond donors (Lipinski definition) is 3. The van der Waals surface area contributed by atoms with E-state index in [1.807, 2.05) is 0 Å². The van der Waals surface area contributed by atoms with Crippen LogP contribution in [0.3, 0.4) is 0 Å². The lowest BCUT2D eigenvalue weighted by Gasteiger charge is -2.21. The van der Waals surface area contributed by atoms with Crippen LogP contribution in [0.2, 0.25) is 0 Å². The Morgan fingerprint density at radius 1 is 0.284 bits per heavy atom. The molecule has 0 aromatic heterocycles. The summed E-state index contributed by atoms with van der Waals surface area (Å²) < 4.78 is 68.4. The summed E-state index contributed by atoms with van der Waals surface area (Å²) in [5.74, 6) is -0.507. The molecule has 0 aliphatic carbocycles. The molecule has 17 nitrogen and oxygen atoms in total. The van der Waals surface area contributed by atoms with Crippen molar-refractivity contribution >= 4 is 39.5 Å². The van der Waals surface area contributed by atoms with Crippen molar-refractivity contribution in [3.05, 3.63) is 0 Å². The number of ether oxygens (including phenoxy) is 4. The Morgan fingerprint density at radius 3 is 0.716 bits per heavy atom. The van der Waals surface area contributed by atoms with Gasteiger partial charge in [0.15, 0.2) is 12.2 Å². The third-order valence-corrected chi connectivity index (χ3v) is 19.6. The molecule has 0 rings (SSSR count). The average Bonchev–Trinajstić information content (AvgIpc) is 2.01. The molecule has 0 bridgehead atoms. The van der Waals surface area contributed by atoms with Gasteiger partial charge in [0, 0.05) is 25.7 Å². The fourth-order valence-corrected chi connectivity index (χ4v) is 13.2. The molecule has 0 fully saturated rings. The van der Waals surface area contributed by atoms with Crippen molar-refractivity contribution in [1.82, 2.24) is 0 Å². The van der Waals surface area contributed by atoms with Crippen LogP contribution in [0.15, 0.2) is 0 Å². The number of rotatable bonds is 75. The van der Waals surface area contributed by atoms with Crippen molar-refractivity contribution in [1.29, 1.82) is 0 Å². The van der Waals surface area contributed by atoms with Crippen LogP contribution in [-0.4, -0.2) is 96.7 Å². The summed E-state index contributed by atoms with van der Waals surface area (Å²) in [6.45, 7) is 9.61. The average molecular weight is 1400 g/mol. The molecule has 5 atom stereocenters. The maximum atomic E-state index is 13.1. The van der Waals surface area contributed by atoms with Gasteiger partial charge in [-0.2, -0.15) is 0 Å². The summed E-state index contributed by atoms with van der Waals surface area (Å²) in [6, 6.07) is 0. The topological polar surface area (TPSA) is 237 Å². The smallest absolute Gasteiger partial charge is 0.462 e. The molecule has 3 N–H and O–H groups in total.